The van der Waals surface area contributed by atoms with E-state index in [-0.39, 0.29) is 24.3 Å². The molecular weight excluding hydrogens is 416 g/mol. The van der Waals surface area contributed by atoms with Gasteiger partial charge in [0, 0.05) is 14.1 Å². The lowest BCUT2D eigenvalue weighted by atomic mass is 10.1. The largest absolute Gasteiger partial charge is 0.491 e. The molecule has 8 nitrogen and oxygen atoms in total. The Morgan fingerprint density at radius 2 is 1.89 bits per heavy atom. The monoisotopic (exact) mass is 436 g/mol. The van der Waals surface area contributed by atoms with Crippen LogP contribution in [0.4, 0.5) is 0 Å². The molecule has 0 radical (unpaired) electrons. The van der Waals surface area contributed by atoms with Crippen LogP contribution in [-0.4, -0.2) is 36.5 Å². The standard InChI is InChI=1S/C18H21BrN4O4/c1-10-5-6-13(7-11(10)2)27-9-12(24)8-23-14-15(20-17(23)19)21(3)18(26)22(4)16(14)25/h5-7,12,24H,8-9H2,1-4H3/t12-/m1/s1. The maximum Gasteiger partial charge on any atom is 0.332 e. The molecule has 0 spiro atoms. The molecule has 0 amide bonds. The number of hydrogen-bond donors (Lipinski definition) is 1. The minimum Gasteiger partial charge on any atom is -0.491 e. The molecule has 144 valence electrons. The SMILES string of the molecule is Cc1ccc(OC[C@H](O)Cn2c(Br)nc3c2c(=O)n(C)c(=O)n3C)cc1C. The van der Waals surface area contributed by atoms with Crippen LogP contribution in [0, 0.1) is 13.8 Å². The van der Waals surface area contributed by atoms with E-state index in [9.17, 15) is 14.7 Å². The van der Waals surface area contributed by atoms with Gasteiger partial charge in [-0.2, -0.15) is 0 Å². The summed E-state index contributed by atoms with van der Waals surface area (Å²) in [6.07, 6.45) is -0.873. The van der Waals surface area contributed by atoms with Crippen molar-refractivity contribution in [2.45, 2.75) is 26.5 Å². The minimum absolute atomic E-state index is 0.0562. The fraction of sp³-hybridized carbons (Fsp3) is 0.389. The predicted molar refractivity (Wildman–Crippen MR) is 105 cm³/mol. The summed E-state index contributed by atoms with van der Waals surface area (Å²) in [4.78, 5) is 28.8. The number of fused-ring (bicyclic) bond motifs is 1. The molecule has 9 heteroatoms. The van der Waals surface area contributed by atoms with E-state index in [4.69, 9.17) is 4.74 Å². The molecule has 2 aromatic heterocycles. The maximum atomic E-state index is 12.5. The number of aromatic nitrogens is 4. The summed E-state index contributed by atoms with van der Waals surface area (Å²) in [6.45, 7) is 4.16. The molecule has 0 aliphatic carbocycles. The molecule has 3 rings (SSSR count). The first-order chi connectivity index (χ1) is 12.7. The van der Waals surface area contributed by atoms with Crippen LogP contribution in [0.3, 0.4) is 0 Å². The Labute approximate surface area is 163 Å². The number of nitrogens with zero attached hydrogens (tertiary/aromatic N) is 4. The normalized spacial score (nSPS) is 12.5. The van der Waals surface area contributed by atoms with Gasteiger partial charge in [-0.05, 0) is 53.0 Å². The summed E-state index contributed by atoms with van der Waals surface area (Å²) in [5.74, 6) is 0.671. The van der Waals surface area contributed by atoms with Crippen LogP contribution in [0.2, 0.25) is 0 Å². The van der Waals surface area contributed by atoms with E-state index < -0.39 is 17.4 Å². The van der Waals surface area contributed by atoms with Crippen molar-refractivity contribution in [3.8, 4) is 5.75 Å². The van der Waals surface area contributed by atoms with Crippen LogP contribution in [0.1, 0.15) is 11.1 Å². The van der Waals surface area contributed by atoms with Gasteiger partial charge in [0.05, 0.1) is 6.54 Å². The number of benzene rings is 1. The number of rotatable bonds is 5. The molecule has 27 heavy (non-hydrogen) atoms. The molecule has 2 heterocycles. The lowest BCUT2D eigenvalue weighted by Gasteiger charge is -2.15. The highest BCUT2D eigenvalue weighted by molar-refractivity contribution is 9.10. The summed E-state index contributed by atoms with van der Waals surface area (Å²) in [5.41, 5.74) is 1.86. The number of aryl methyl sites for hydroxylation is 3. The number of halogens is 1. The third-order valence-electron chi connectivity index (χ3n) is 4.62. The Bertz CT molecular complexity index is 1130. The summed E-state index contributed by atoms with van der Waals surface area (Å²) < 4.78 is 9.89. The van der Waals surface area contributed by atoms with E-state index in [1.807, 2.05) is 32.0 Å². The Morgan fingerprint density at radius 3 is 2.56 bits per heavy atom. The van der Waals surface area contributed by atoms with E-state index in [1.165, 1.54) is 11.6 Å². The molecule has 0 saturated heterocycles. The van der Waals surface area contributed by atoms with Gasteiger partial charge in [0.15, 0.2) is 15.9 Å². The first-order valence-electron chi connectivity index (χ1n) is 8.40. The van der Waals surface area contributed by atoms with Gasteiger partial charge in [-0.3, -0.25) is 13.9 Å². The van der Waals surface area contributed by atoms with Crippen LogP contribution in [-0.2, 0) is 20.6 Å². The van der Waals surface area contributed by atoms with Crippen molar-refractivity contribution in [3.05, 3.63) is 54.9 Å². The highest BCUT2D eigenvalue weighted by Gasteiger charge is 2.20. The molecule has 0 aliphatic heterocycles. The zero-order valence-corrected chi connectivity index (χ0v) is 17.1. The van der Waals surface area contributed by atoms with Crippen molar-refractivity contribution in [2.24, 2.45) is 14.1 Å². The predicted octanol–water partition coefficient (Wildman–Crippen LogP) is 1.25. The molecule has 0 aliphatic rings. The Hall–Kier alpha value is -2.39. The number of aliphatic hydroxyl groups is 1. The quantitative estimate of drug-likeness (QED) is 0.607. The zero-order chi connectivity index (χ0) is 19.9. The lowest BCUT2D eigenvalue weighted by molar-refractivity contribution is 0.0928. The molecular formula is C18H21BrN4O4. The molecule has 1 atom stereocenters. The summed E-state index contributed by atoms with van der Waals surface area (Å²) >= 11 is 3.31. The van der Waals surface area contributed by atoms with Crippen LogP contribution in [0.25, 0.3) is 11.2 Å². The van der Waals surface area contributed by atoms with Crippen molar-refractivity contribution >= 4 is 27.1 Å². The van der Waals surface area contributed by atoms with Gasteiger partial charge >= 0.3 is 5.69 Å². The fourth-order valence-electron chi connectivity index (χ4n) is 2.85. The van der Waals surface area contributed by atoms with Crippen LogP contribution in [0.5, 0.6) is 5.75 Å². The average Bonchev–Trinajstić information content (AvgIpc) is 2.95. The van der Waals surface area contributed by atoms with Gasteiger partial charge in [-0.15, -0.1) is 0 Å². The Morgan fingerprint density at radius 1 is 1.19 bits per heavy atom. The van der Waals surface area contributed by atoms with E-state index in [1.54, 1.807) is 11.6 Å². The highest BCUT2D eigenvalue weighted by atomic mass is 79.9. The number of hydrogen-bond acceptors (Lipinski definition) is 5. The van der Waals surface area contributed by atoms with Gasteiger partial charge < -0.3 is 14.4 Å². The first kappa shape index (κ1) is 19.4. The second kappa shape index (κ2) is 7.32. The highest BCUT2D eigenvalue weighted by Crippen LogP contribution is 2.19. The first-order valence-corrected chi connectivity index (χ1v) is 9.20. The number of imidazole rings is 1. The molecule has 1 aromatic carbocycles. The molecule has 1 N–H and O–H groups in total. The van der Waals surface area contributed by atoms with Gasteiger partial charge in [0.25, 0.3) is 5.56 Å². The third kappa shape index (κ3) is 3.57. The second-order valence-electron chi connectivity index (χ2n) is 6.58. The van der Waals surface area contributed by atoms with Crippen LogP contribution >= 0.6 is 15.9 Å². The average molecular weight is 437 g/mol. The van der Waals surface area contributed by atoms with Crippen molar-refractivity contribution in [2.75, 3.05) is 6.61 Å². The summed E-state index contributed by atoms with van der Waals surface area (Å²) in [7, 11) is 2.96. The van der Waals surface area contributed by atoms with Gasteiger partial charge in [-0.25, -0.2) is 9.78 Å². The molecule has 0 fully saturated rings. The van der Waals surface area contributed by atoms with Crippen molar-refractivity contribution in [1.29, 1.82) is 0 Å². The van der Waals surface area contributed by atoms with Gasteiger partial charge in [0.1, 0.15) is 18.5 Å². The topological polar surface area (TPSA) is 91.3 Å². The van der Waals surface area contributed by atoms with E-state index in [0.29, 0.717) is 10.5 Å². The lowest BCUT2D eigenvalue weighted by Crippen LogP contribution is -2.38. The Balaban J connectivity index is 1.86. The number of aliphatic hydroxyl groups excluding tert-OH is 1. The molecule has 0 unspecified atom stereocenters. The van der Waals surface area contributed by atoms with E-state index in [2.05, 4.69) is 20.9 Å². The van der Waals surface area contributed by atoms with Crippen molar-refractivity contribution in [1.82, 2.24) is 18.7 Å². The number of ether oxygens (including phenoxy) is 1. The fourth-order valence-corrected chi connectivity index (χ4v) is 3.34. The van der Waals surface area contributed by atoms with Crippen LogP contribution in [0.15, 0.2) is 32.5 Å². The maximum absolute atomic E-state index is 12.5. The molecule has 0 bridgehead atoms. The van der Waals surface area contributed by atoms with E-state index >= 15 is 0 Å². The minimum atomic E-state index is -0.873. The van der Waals surface area contributed by atoms with Gasteiger partial charge in [0.2, 0.25) is 0 Å². The summed E-state index contributed by atoms with van der Waals surface area (Å²) in [6, 6.07) is 5.72. The van der Waals surface area contributed by atoms with E-state index in [0.717, 1.165) is 15.7 Å². The van der Waals surface area contributed by atoms with Crippen LogP contribution < -0.4 is 16.0 Å². The van der Waals surface area contributed by atoms with Crippen molar-refractivity contribution < 1.29 is 9.84 Å². The Kier molecular flexibility index (Phi) is 5.25. The van der Waals surface area contributed by atoms with Gasteiger partial charge in [-0.1, -0.05) is 6.07 Å². The zero-order valence-electron chi connectivity index (χ0n) is 15.6. The second-order valence-corrected chi connectivity index (χ2v) is 7.29. The molecule has 0 saturated carbocycles. The third-order valence-corrected chi connectivity index (χ3v) is 5.22. The molecule has 3 aromatic rings. The smallest absolute Gasteiger partial charge is 0.332 e. The summed E-state index contributed by atoms with van der Waals surface area (Å²) in [5, 5.41) is 10.4. The van der Waals surface area contributed by atoms with Crippen molar-refractivity contribution in [3.63, 3.8) is 0 Å².